The third kappa shape index (κ3) is 2.90. The van der Waals surface area contributed by atoms with Gasteiger partial charge in [-0.2, -0.15) is 0 Å². The van der Waals surface area contributed by atoms with Crippen LogP contribution in [-0.2, 0) is 0 Å². The minimum absolute atomic E-state index is 0.0817. The fourth-order valence-corrected chi connectivity index (χ4v) is 3.40. The smallest absolute Gasteiger partial charge is 0.218 e. The molecular weight excluding hydrogens is 269 g/mol. The van der Waals surface area contributed by atoms with Gasteiger partial charge in [0.1, 0.15) is 6.17 Å². The molecule has 2 fully saturated rings. The Labute approximate surface area is 125 Å². The largest absolute Gasteiger partial charge is 0.481 e. The molecule has 2 atom stereocenters. The van der Waals surface area contributed by atoms with Crippen molar-refractivity contribution in [2.45, 2.75) is 50.4 Å². The van der Waals surface area contributed by atoms with E-state index in [1.54, 1.807) is 7.11 Å². The quantitative estimate of drug-likeness (QED) is 0.926. The van der Waals surface area contributed by atoms with E-state index in [4.69, 9.17) is 10.5 Å². The fraction of sp³-hybridized carbons (Fsp3) is 0.688. The molecule has 0 unspecified atom stereocenters. The number of halogens is 1. The van der Waals surface area contributed by atoms with Gasteiger partial charge < -0.3 is 10.5 Å². The summed E-state index contributed by atoms with van der Waals surface area (Å²) in [5, 5.41) is 0. The number of likely N-dealkylation sites (tertiary alicyclic amines) is 1. The monoisotopic (exact) mass is 293 g/mol. The summed E-state index contributed by atoms with van der Waals surface area (Å²) in [5.74, 6) is 1.10. The van der Waals surface area contributed by atoms with Crippen LogP contribution in [0.3, 0.4) is 0 Å². The molecule has 2 N–H and O–H groups in total. The Balaban J connectivity index is 1.64. The van der Waals surface area contributed by atoms with Gasteiger partial charge in [-0.05, 0) is 32.3 Å². The molecule has 116 valence electrons. The maximum absolute atomic E-state index is 13.3. The first-order valence-electron chi connectivity index (χ1n) is 7.77. The zero-order chi connectivity index (χ0) is 15.0. The summed E-state index contributed by atoms with van der Waals surface area (Å²) in [6.45, 7) is 3.44. The second-order valence-electron chi connectivity index (χ2n) is 6.33. The van der Waals surface area contributed by atoms with E-state index < -0.39 is 6.17 Å². The van der Waals surface area contributed by atoms with Crippen LogP contribution < -0.4 is 10.5 Å². The van der Waals surface area contributed by atoms with Crippen LogP contribution >= 0.6 is 0 Å². The first-order valence-corrected chi connectivity index (χ1v) is 7.77. The van der Waals surface area contributed by atoms with Crippen molar-refractivity contribution in [3.05, 3.63) is 23.4 Å². The van der Waals surface area contributed by atoms with Crippen LogP contribution in [0.25, 0.3) is 0 Å². The van der Waals surface area contributed by atoms with Gasteiger partial charge in [-0.15, -0.1) is 0 Å². The number of methoxy groups -OCH3 is 1. The summed E-state index contributed by atoms with van der Waals surface area (Å²) in [5.41, 5.74) is 7.93. The lowest BCUT2D eigenvalue weighted by molar-refractivity contribution is 0.125. The summed E-state index contributed by atoms with van der Waals surface area (Å²) < 4.78 is 18.6. The zero-order valence-electron chi connectivity index (χ0n) is 12.8. The molecule has 0 amide bonds. The minimum Gasteiger partial charge on any atom is -0.481 e. The SMILES string of the molecule is COc1nc(C2CC(N3CC[C@@H](F)C3)C2)ccc1[C@H](C)N. The van der Waals surface area contributed by atoms with Crippen LogP contribution in [0.2, 0.25) is 0 Å². The van der Waals surface area contributed by atoms with Crippen molar-refractivity contribution < 1.29 is 9.13 Å². The highest BCUT2D eigenvalue weighted by Gasteiger charge is 2.38. The summed E-state index contributed by atoms with van der Waals surface area (Å²) in [6, 6.07) is 4.52. The Bertz CT molecular complexity index is 502. The third-order valence-corrected chi connectivity index (χ3v) is 4.81. The molecule has 0 aromatic carbocycles. The molecule has 3 rings (SSSR count). The van der Waals surface area contributed by atoms with E-state index in [9.17, 15) is 4.39 Å². The van der Waals surface area contributed by atoms with Gasteiger partial charge in [0.2, 0.25) is 5.88 Å². The van der Waals surface area contributed by atoms with Gasteiger partial charge in [0.15, 0.2) is 0 Å². The van der Waals surface area contributed by atoms with Gasteiger partial charge in [0, 0.05) is 42.3 Å². The van der Waals surface area contributed by atoms with Gasteiger partial charge >= 0.3 is 0 Å². The van der Waals surface area contributed by atoms with E-state index in [0.29, 0.717) is 30.8 Å². The van der Waals surface area contributed by atoms with Crippen LogP contribution in [0.15, 0.2) is 12.1 Å². The highest BCUT2D eigenvalue weighted by atomic mass is 19.1. The van der Waals surface area contributed by atoms with Gasteiger partial charge in [0.05, 0.1) is 7.11 Å². The standard InChI is InChI=1S/C16H24FN3O/c1-10(18)14-3-4-15(19-16(14)21-2)11-7-13(8-11)20-6-5-12(17)9-20/h3-4,10-13H,5-9,18H2,1-2H3/t10-,11?,12+,13?/m0/s1. The Kier molecular flexibility index (Phi) is 4.13. The molecule has 21 heavy (non-hydrogen) atoms. The third-order valence-electron chi connectivity index (χ3n) is 4.81. The summed E-state index contributed by atoms with van der Waals surface area (Å²) in [4.78, 5) is 6.90. The van der Waals surface area contributed by atoms with Crippen molar-refractivity contribution in [3.63, 3.8) is 0 Å². The molecule has 4 nitrogen and oxygen atoms in total. The summed E-state index contributed by atoms with van der Waals surface area (Å²) >= 11 is 0. The predicted molar refractivity (Wildman–Crippen MR) is 80.2 cm³/mol. The molecular formula is C16H24FN3O. The lowest BCUT2D eigenvalue weighted by atomic mass is 9.77. The van der Waals surface area contributed by atoms with Crippen LogP contribution in [0.4, 0.5) is 4.39 Å². The number of pyridine rings is 1. The van der Waals surface area contributed by atoms with Crippen LogP contribution in [-0.4, -0.2) is 42.3 Å². The fourth-order valence-electron chi connectivity index (χ4n) is 3.40. The number of nitrogens with two attached hydrogens (primary N) is 1. The average Bonchev–Trinajstić information content (AvgIpc) is 2.83. The minimum atomic E-state index is -0.632. The first kappa shape index (κ1) is 14.7. The molecule has 2 aliphatic rings. The van der Waals surface area contributed by atoms with Gasteiger partial charge in [0.25, 0.3) is 0 Å². The molecule has 1 saturated carbocycles. The van der Waals surface area contributed by atoms with Crippen molar-refractivity contribution in [1.29, 1.82) is 0 Å². The lowest BCUT2D eigenvalue weighted by Gasteiger charge is -2.41. The van der Waals surface area contributed by atoms with Gasteiger partial charge in [-0.25, -0.2) is 9.37 Å². The number of aromatic nitrogens is 1. The number of nitrogens with zero attached hydrogens (tertiary/aromatic N) is 2. The molecule has 1 aliphatic carbocycles. The maximum Gasteiger partial charge on any atom is 0.218 e. The van der Waals surface area contributed by atoms with Gasteiger partial charge in [-0.3, -0.25) is 4.90 Å². The summed E-state index contributed by atoms with van der Waals surface area (Å²) in [7, 11) is 1.63. The average molecular weight is 293 g/mol. The number of ether oxygens (including phenoxy) is 1. The van der Waals surface area contributed by atoms with Crippen molar-refractivity contribution in [2.75, 3.05) is 20.2 Å². The van der Waals surface area contributed by atoms with Crippen molar-refractivity contribution >= 4 is 0 Å². The molecule has 2 heterocycles. The zero-order valence-corrected chi connectivity index (χ0v) is 12.8. The molecule has 0 spiro atoms. The van der Waals surface area contributed by atoms with Crippen LogP contribution in [0, 0.1) is 0 Å². The highest BCUT2D eigenvalue weighted by Crippen LogP contribution is 2.41. The second-order valence-corrected chi connectivity index (χ2v) is 6.33. The van der Waals surface area contributed by atoms with E-state index in [-0.39, 0.29) is 6.04 Å². The van der Waals surface area contributed by atoms with Crippen LogP contribution in [0.1, 0.15) is 49.4 Å². The Morgan fingerprint density at radius 1 is 1.43 bits per heavy atom. The molecule has 5 heteroatoms. The van der Waals surface area contributed by atoms with Gasteiger partial charge in [-0.1, -0.05) is 6.07 Å². The van der Waals surface area contributed by atoms with Crippen molar-refractivity contribution in [3.8, 4) is 5.88 Å². The second kappa shape index (κ2) is 5.89. The molecule has 1 saturated heterocycles. The molecule has 0 bridgehead atoms. The molecule has 1 aromatic heterocycles. The number of hydrogen-bond acceptors (Lipinski definition) is 4. The number of hydrogen-bond donors (Lipinski definition) is 1. The van der Waals surface area contributed by atoms with E-state index in [1.165, 1.54) is 0 Å². The summed E-state index contributed by atoms with van der Waals surface area (Å²) in [6.07, 6.45) is 2.20. The normalized spacial score (nSPS) is 31.0. The van der Waals surface area contributed by atoms with E-state index in [1.807, 2.05) is 13.0 Å². The van der Waals surface area contributed by atoms with E-state index in [0.717, 1.165) is 30.6 Å². The molecule has 0 radical (unpaired) electrons. The van der Waals surface area contributed by atoms with E-state index in [2.05, 4.69) is 16.0 Å². The Morgan fingerprint density at radius 3 is 2.76 bits per heavy atom. The predicted octanol–water partition coefficient (Wildman–Crippen LogP) is 2.40. The molecule has 1 aliphatic heterocycles. The Hall–Kier alpha value is -1.20. The maximum atomic E-state index is 13.3. The lowest BCUT2D eigenvalue weighted by Crippen LogP contribution is -2.42. The first-order chi connectivity index (χ1) is 10.1. The Morgan fingerprint density at radius 2 is 2.19 bits per heavy atom. The number of alkyl halides is 1. The molecule has 1 aromatic rings. The van der Waals surface area contributed by atoms with Crippen LogP contribution in [0.5, 0.6) is 5.88 Å². The van der Waals surface area contributed by atoms with E-state index >= 15 is 0 Å². The topological polar surface area (TPSA) is 51.4 Å². The highest BCUT2D eigenvalue weighted by molar-refractivity contribution is 5.32. The van der Waals surface area contributed by atoms with Crippen molar-refractivity contribution in [2.24, 2.45) is 5.73 Å². The number of rotatable bonds is 4. The van der Waals surface area contributed by atoms with Crippen molar-refractivity contribution in [1.82, 2.24) is 9.88 Å².